The molecule has 0 bridgehead atoms. The fourth-order valence-electron chi connectivity index (χ4n) is 6.06. The minimum Gasteiger partial charge on any atom is -0.392 e. The molecule has 0 aliphatic carbocycles. The Kier molecular flexibility index (Phi) is 31.1. The van der Waals surface area contributed by atoms with Gasteiger partial charge in [-0.3, -0.25) is 9.59 Å². The normalized spacial score (nSPS) is 11.8. The Bertz CT molecular complexity index is 542. The fraction of sp³-hybridized carbons (Fsp3) is 0.947. The maximum Gasteiger partial charge on any atom is 0.204 e. The molecule has 0 spiro atoms. The van der Waals surface area contributed by atoms with Crippen LogP contribution in [-0.4, -0.2) is 34.0 Å². The highest BCUT2D eigenvalue weighted by Gasteiger charge is 2.41. The van der Waals surface area contributed by atoms with Gasteiger partial charge in [0, 0.05) is 12.8 Å². The van der Waals surface area contributed by atoms with Crippen molar-refractivity contribution in [2.45, 2.75) is 225 Å². The van der Waals surface area contributed by atoms with E-state index in [9.17, 15) is 19.8 Å². The van der Waals surface area contributed by atoms with Crippen LogP contribution in [0, 0.1) is 0 Å². The molecule has 250 valence electrons. The third-order valence-corrected chi connectivity index (χ3v) is 9.17. The monoisotopic (exact) mass is 595 g/mol. The Morgan fingerprint density at radius 2 is 0.571 bits per heavy atom. The van der Waals surface area contributed by atoms with Crippen LogP contribution in [0.1, 0.15) is 219 Å². The molecular weight excluding hydrogens is 520 g/mol. The molecule has 0 heterocycles. The molecule has 0 aliphatic rings. The minimum absolute atomic E-state index is 0.180. The van der Waals surface area contributed by atoms with Crippen LogP contribution < -0.4 is 0 Å². The van der Waals surface area contributed by atoms with Crippen molar-refractivity contribution in [3.63, 3.8) is 0 Å². The summed E-state index contributed by atoms with van der Waals surface area (Å²) in [7, 11) is 0. The van der Waals surface area contributed by atoms with Gasteiger partial charge in [0.05, 0.1) is 6.61 Å². The number of aliphatic hydroxyl groups excluding tert-OH is 1. The number of hydrogen-bond acceptors (Lipinski definition) is 4. The van der Waals surface area contributed by atoms with Gasteiger partial charge in [0.1, 0.15) is 0 Å². The molecule has 0 fully saturated rings. The SMILES string of the molecule is CCCCCCCCCCCCCCCCCC(=O)C(O)(CO)C(=O)CCCCCCCCCCCCCCCCC. The van der Waals surface area contributed by atoms with Crippen LogP contribution in [0.15, 0.2) is 0 Å². The van der Waals surface area contributed by atoms with Gasteiger partial charge in [-0.2, -0.15) is 0 Å². The predicted molar refractivity (Wildman–Crippen MR) is 181 cm³/mol. The van der Waals surface area contributed by atoms with Crippen LogP contribution in [0.3, 0.4) is 0 Å². The summed E-state index contributed by atoms with van der Waals surface area (Å²) >= 11 is 0. The summed E-state index contributed by atoms with van der Waals surface area (Å²) in [6, 6.07) is 0. The Morgan fingerprint density at radius 1 is 0.381 bits per heavy atom. The van der Waals surface area contributed by atoms with Crippen LogP contribution in [0.4, 0.5) is 0 Å². The molecular formula is C38H74O4. The number of carbonyl (C=O) groups is 2. The number of hydrogen-bond donors (Lipinski definition) is 2. The van der Waals surface area contributed by atoms with E-state index >= 15 is 0 Å². The average molecular weight is 595 g/mol. The van der Waals surface area contributed by atoms with Gasteiger partial charge in [-0.25, -0.2) is 0 Å². The maximum absolute atomic E-state index is 12.6. The van der Waals surface area contributed by atoms with E-state index in [-0.39, 0.29) is 12.8 Å². The van der Waals surface area contributed by atoms with Crippen LogP contribution in [0.25, 0.3) is 0 Å². The number of aliphatic hydroxyl groups is 2. The van der Waals surface area contributed by atoms with Crippen LogP contribution in [0.2, 0.25) is 0 Å². The lowest BCUT2D eigenvalue weighted by Crippen LogP contribution is -2.49. The third-order valence-electron chi connectivity index (χ3n) is 9.17. The standard InChI is InChI=1S/C38H74O4/c1-3-5-7-9-11-13-15-17-19-21-23-25-27-29-31-33-36(40)38(42,35-39)37(41)34-32-30-28-26-24-22-20-18-16-14-12-10-8-6-4-2/h39,42H,3-35H2,1-2H3. The van der Waals surface area contributed by atoms with E-state index in [2.05, 4.69) is 13.8 Å². The highest BCUT2D eigenvalue weighted by atomic mass is 16.3. The molecule has 0 saturated carbocycles. The zero-order valence-electron chi connectivity index (χ0n) is 28.5. The second-order valence-corrected chi connectivity index (χ2v) is 13.3. The zero-order chi connectivity index (χ0) is 31.0. The summed E-state index contributed by atoms with van der Waals surface area (Å²) < 4.78 is 0. The van der Waals surface area contributed by atoms with E-state index in [1.807, 2.05) is 0 Å². The van der Waals surface area contributed by atoms with Crippen molar-refractivity contribution < 1.29 is 19.8 Å². The molecule has 4 nitrogen and oxygen atoms in total. The second-order valence-electron chi connectivity index (χ2n) is 13.3. The smallest absolute Gasteiger partial charge is 0.204 e. The lowest BCUT2D eigenvalue weighted by Gasteiger charge is -2.23. The first-order valence-electron chi connectivity index (χ1n) is 18.9. The molecule has 0 aliphatic heterocycles. The van der Waals surface area contributed by atoms with Gasteiger partial charge in [-0.1, -0.05) is 194 Å². The van der Waals surface area contributed by atoms with Crippen molar-refractivity contribution in [2.75, 3.05) is 6.61 Å². The third kappa shape index (κ3) is 24.7. The molecule has 42 heavy (non-hydrogen) atoms. The zero-order valence-corrected chi connectivity index (χ0v) is 28.5. The highest BCUT2D eigenvalue weighted by Crippen LogP contribution is 2.19. The summed E-state index contributed by atoms with van der Waals surface area (Å²) in [6.45, 7) is 3.74. The van der Waals surface area contributed by atoms with Crippen LogP contribution in [0.5, 0.6) is 0 Å². The number of Topliss-reactive ketones (excluding diaryl/α,β-unsaturated/α-hetero) is 2. The van der Waals surface area contributed by atoms with E-state index in [0.717, 1.165) is 25.7 Å². The van der Waals surface area contributed by atoms with Gasteiger partial charge in [0.2, 0.25) is 5.60 Å². The number of rotatable bonds is 35. The molecule has 4 heteroatoms. The highest BCUT2D eigenvalue weighted by molar-refractivity contribution is 6.10. The Balaban J connectivity index is 3.67. The predicted octanol–water partition coefficient (Wildman–Crippen LogP) is 11.4. The number of ketones is 2. The van der Waals surface area contributed by atoms with Gasteiger partial charge in [0.15, 0.2) is 11.6 Å². The Hall–Kier alpha value is -0.740. The van der Waals surface area contributed by atoms with Crippen LogP contribution in [-0.2, 0) is 9.59 Å². The lowest BCUT2D eigenvalue weighted by atomic mass is 9.88. The summed E-state index contributed by atoms with van der Waals surface area (Å²) in [5.74, 6) is -0.990. The molecule has 0 aromatic rings. The van der Waals surface area contributed by atoms with Gasteiger partial charge in [0.25, 0.3) is 0 Å². The molecule has 0 radical (unpaired) electrons. The molecule has 0 aromatic carbocycles. The van der Waals surface area contributed by atoms with Crippen molar-refractivity contribution in [3.8, 4) is 0 Å². The molecule has 0 rings (SSSR count). The van der Waals surface area contributed by atoms with Gasteiger partial charge < -0.3 is 10.2 Å². The van der Waals surface area contributed by atoms with Crippen molar-refractivity contribution in [1.82, 2.24) is 0 Å². The topological polar surface area (TPSA) is 74.6 Å². The van der Waals surface area contributed by atoms with E-state index in [4.69, 9.17) is 0 Å². The van der Waals surface area contributed by atoms with Gasteiger partial charge >= 0.3 is 0 Å². The first-order chi connectivity index (χ1) is 20.5. The Morgan fingerprint density at radius 3 is 0.762 bits per heavy atom. The summed E-state index contributed by atoms with van der Waals surface area (Å²) in [4.78, 5) is 25.2. The van der Waals surface area contributed by atoms with Crippen molar-refractivity contribution in [1.29, 1.82) is 0 Å². The first-order valence-corrected chi connectivity index (χ1v) is 18.9. The molecule has 0 amide bonds. The first kappa shape index (κ1) is 41.3. The lowest BCUT2D eigenvalue weighted by molar-refractivity contribution is -0.155. The summed E-state index contributed by atoms with van der Waals surface area (Å²) in [5.41, 5.74) is -2.19. The quantitative estimate of drug-likeness (QED) is 0.0565. The largest absolute Gasteiger partial charge is 0.392 e. The Labute approximate surface area is 262 Å². The summed E-state index contributed by atoms with van der Waals surface area (Å²) in [5, 5.41) is 20.3. The fourth-order valence-corrected chi connectivity index (χ4v) is 6.06. The van der Waals surface area contributed by atoms with Crippen LogP contribution >= 0.6 is 0 Å². The van der Waals surface area contributed by atoms with E-state index < -0.39 is 23.8 Å². The second kappa shape index (κ2) is 31.7. The number of carbonyl (C=O) groups excluding carboxylic acids is 2. The number of unbranched alkanes of at least 4 members (excludes halogenated alkanes) is 28. The molecule has 2 N–H and O–H groups in total. The summed E-state index contributed by atoms with van der Waals surface area (Å²) in [6.07, 6.45) is 38.0. The van der Waals surface area contributed by atoms with Crippen molar-refractivity contribution in [3.05, 3.63) is 0 Å². The maximum atomic E-state index is 12.6. The van der Waals surface area contributed by atoms with Gasteiger partial charge in [-0.05, 0) is 12.8 Å². The van der Waals surface area contributed by atoms with E-state index in [0.29, 0.717) is 12.8 Å². The molecule has 0 unspecified atom stereocenters. The van der Waals surface area contributed by atoms with Crippen molar-refractivity contribution >= 4 is 11.6 Å². The molecule has 0 atom stereocenters. The van der Waals surface area contributed by atoms with Gasteiger partial charge in [-0.15, -0.1) is 0 Å². The average Bonchev–Trinajstić information content (AvgIpc) is 3.00. The van der Waals surface area contributed by atoms with E-state index in [1.54, 1.807) is 0 Å². The minimum atomic E-state index is -2.19. The van der Waals surface area contributed by atoms with Crippen molar-refractivity contribution in [2.24, 2.45) is 0 Å². The molecule has 0 aromatic heterocycles. The molecule has 0 saturated heterocycles. The van der Waals surface area contributed by atoms with E-state index in [1.165, 1.54) is 154 Å².